The average molecular weight is 267 g/mol. The van der Waals surface area contributed by atoms with Crippen LogP contribution in [0.15, 0.2) is 33.5 Å². The second kappa shape index (κ2) is 5.71. The first-order valence-corrected chi connectivity index (χ1v) is 8.01. The van der Waals surface area contributed by atoms with Crippen molar-refractivity contribution in [3.8, 4) is 0 Å². The number of anilines is 1. The highest BCUT2D eigenvalue weighted by Gasteiger charge is 2.23. The van der Waals surface area contributed by atoms with Crippen molar-refractivity contribution in [2.45, 2.75) is 43.5 Å². The quantitative estimate of drug-likeness (QED) is 0.805. The highest BCUT2D eigenvalue weighted by atomic mass is 32.2. The van der Waals surface area contributed by atoms with E-state index in [9.17, 15) is 4.21 Å². The lowest BCUT2D eigenvalue weighted by Crippen LogP contribution is -2.39. The third-order valence-corrected chi connectivity index (χ3v) is 5.24. The van der Waals surface area contributed by atoms with Crippen molar-refractivity contribution in [1.29, 1.82) is 0 Å². The average Bonchev–Trinajstić information content (AvgIpc) is 2.32. The zero-order valence-corrected chi connectivity index (χ0v) is 11.6. The van der Waals surface area contributed by atoms with Crippen LogP contribution in [0.2, 0.25) is 0 Å². The summed E-state index contributed by atoms with van der Waals surface area (Å²) in [5.41, 5.74) is 6.35. The van der Waals surface area contributed by atoms with Crippen molar-refractivity contribution in [2.75, 3.05) is 12.3 Å². The molecule has 1 atom stereocenters. The Morgan fingerprint density at radius 2 is 2.06 bits per heavy atom. The van der Waals surface area contributed by atoms with Crippen LogP contribution in [0.4, 0.5) is 5.69 Å². The minimum Gasteiger partial charge on any atom is -0.399 e. The van der Waals surface area contributed by atoms with Gasteiger partial charge in [0.2, 0.25) is 0 Å². The van der Waals surface area contributed by atoms with Gasteiger partial charge >= 0.3 is 0 Å². The van der Waals surface area contributed by atoms with Gasteiger partial charge in [-0.1, -0.05) is 13.3 Å². The van der Waals surface area contributed by atoms with Gasteiger partial charge in [0, 0.05) is 18.3 Å². The van der Waals surface area contributed by atoms with Gasteiger partial charge in [0.25, 0.3) is 0 Å². The molecule has 1 aromatic rings. The molecule has 3 N–H and O–H groups in total. The third-order valence-electron chi connectivity index (χ3n) is 3.13. The van der Waals surface area contributed by atoms with Crippen molar-refractivity contribution in [3.63, 3.8) is 0 Å². The van der Waals surface area contributed by atoms with Crippen LogP contribution >= 0.6 is 0 Å². The Morgan fingerprint density at radius 3 is 2.56 bits per heavy atom. The Bertz CT molecular complexity index is 499. The van der Waals surface area contributed by atoms with Crippen molar-refractivity contribution in [3.05, 3.63) is 24.3 Å². The van der Waals surface area contributed by atoms with E-state index in [1.54, 1.807) is 12.1 Å². The predicted octanol–water partition coefficient (Wildman–Crippen LogP) is 2.56. The number of nitrogens with one attached hydrogen (secondary N) is 1. The molecule has 1 aliphatic carbocycles. The number of hydrogen-bond acceptors (Lipinski definition) is 3. The van der Waals surface area contributed by atoms with Crippen LogP contribution < -0.4 is 10.5 Å². The lowest BCUT2D eigenvalue weighted by Gasteiger charge is -2.28. The van der Waals surface area contributed by atoms with E-state index in [0.717, 1.165) is 24.2 Å². The second-order valence-electron chi connectivity index (χ2n) is 4.69. The Hall–Kier alpha value is -1.07. The van der Waals surface area contributed by atoms with E-state index in [4.69, 9.17) is 5.73 Å². The molecule has 0 aliphatic heterocycles. The molecule has 1 aliphatic rings. The fourth-order valence-corrected chi connectivity index (χ4v) is 3.80. The molecule has 2 rings (SSSR count). The molecule has 5 heteroatoms. The van der Waals surface area contributed by atoms with Gasteiger partial charge in [-0.2, -0.15) is 0 Å². The van der Waals surface area contributed by atoms with Gasteiger partial charge in [0.05, 0.1) is 4.90 Å². The Morgan fingerprint density at radius 1 is 1.39 bits per heavy atom. The number of nitrogen functional groups attached to an aromatic ring is 1. The SMILES string of the molecule is CCCN=S(=O)(NC1CCC1)c1ccc(N)cc1. The number of nitrogens with two attached hydrogens (primary N) is 1. The summed E-state index contributed by atoms with van der Waals surface area (Å²) >= 11 is 0. The molecule has 1 unspecified atom stereocenters. The maximum absolute atomic E-state index is 12.9. The van der Waals surface area contributed by atoms with E-state index < -0.39 is 9.92 Å². The molecular weight excluding hydrogens is 246 g/mol. The maximum Gasteiger partial charge on any atom is 0.137 e. The minimum atomic E-state index is -2.49. The zero-order valence-electron chi connectivity index (χ0n) is 10.8. The molecule has 1 fully saturated rings. The fourth-order valence-electron chi connectivity index (χ4n) is 1.80. The Balaban J connectivity index is 2.28. The lowest BCUT2D eigenvalue weighted by molar-refractivity contribution is 0.389. The van der Waals surface area contributed by atoms with Gasteiger partial charge < -0.3 is 5.73 Å². The Labute approximate surface area is 109 Å². The monoisotopic (exact) mass is 267 g/mol. The highest BCUT2D eigenvalue weighted by Crippen LogP contribution is 2.22. The molecule has 0 bridgehead atoms. The molecular formula is C13H21N3OS. The molecule has 0 heterocycles. The summed E-state index contributed by atoms with van der Waals surface area (Å²) in [7, 11) is -2.49. The summed E-state index contributed by atoms with van der Waals surface area (Å²) in [6.07, 6.45) is 4.29. The molecule has 0 saturated heterocycles. The summed E-state index contributed by atoms with van der Waals surface area (Å²) in [5, 5.41) is 0. The summed E-state index contributed by atoms with van der Waals surface area (Å²) in [5.74, 6) is 0. The first-order valence-electron chi connectivity index (χ1n) is 6.50. The smallest absolute Gasteiger partial charge is 0.137 e. The lowest BCUT2D eigenvalue weighted by atomic mass is 9.94. The van der Waals surface area contributed by atoms with Crippen LogP contribution in [-0.2, 0) is 9.92 Å². The summed E-state index contributed by atoms with van der Waals surface area (Å²) in [6.45, 7) is 2.65. The van der Waals surface area contributed by atoms with Crippen LogP contribution in [0, 0.1) is 0 Å². The largest absolute Gasteiger partial charge is 0.399 e. The van der Waals surface area contributed by atoms with E-state index in [-0.39, 0.29) is 0 Å². The van der Waals surface area contributed by atoms with Gasteiger partial charge in [-0.05, 0) is 43.5 Å². The van der Waals surface area contributed by atoms with Crippen LogP contribution in [0.1, 0.15) is 32.6 Å². The van der Waals surface area contributed by atoms with E-state index in [0.29, 0.717) is 18.3 Å². The number of nitrogens with zero attached hydrogens (tertiary/aromatic N) is 1. The minimum absolute atomic E-state index is 0.343. The molecule has 0 spiro atoms. The first-order chi connectivity index (χ1) is 8.64. The van der Waals surface area contributed by atoms with Crippen LogP contribution in [0.5, 0.6) is 0 Å². The van der Waals surface area contributed by atoms with E-state index in [1.165, 1.54) is 6.42 Å². The molecule has 0 amide bonds. The van der Waals surface area contributed by atoms with Crippen molar-refractivity contribution >= 4 is 15.6 Å². The van der Waals surface area contributed by atoms with Crippen LogP contribution in [0.3, 0.4) is 0 Å². The Kier molecular flexibility index (Phi) is 4.24. The molecule has 18 heavy (non-hydrogen) atoms. The summed E-state index contributed by atoms with van der Waals surface area (Å²) in [6, 6.07) is 7.51. The van der Waals surface area contributed by atoms with Crippen molar-refractivity contribution < 1.29 is 4.21 Å². The van der Waals surface area contributed by atoms with Gasteiger partial charge in [0.15, 0.2) is 0 Å². The van der Waals surface area contributed by atoms with Gasteiger partial charge in [0.1, 0.15) is 9.92 Å². The van der Waals surface area contributed by atoms with Crippen molar-refractivity contribution in [2.24, 2.45) is 4.36 Å². The molecule has 1 aromatic carbocycles. The van der Waals surface area contributed by atoms with Gasteiger partial charge in [-0.15, -0.1) is 0 Å². The topological polar surface area (TPSA) is 67.5 Å². The normalized spacial score (nSPS) is 18.9. The number of rotatable bonds is 5. The first kappa shape index (κ1) is 13.4. The second-order valence-corrected chi connectivity index (χ2v) is 6.71. The molecule has 100 valence electrons. The fraction of sp³-hybridized carbons (Fsp3) is 0.538. The molecule has 0 aromatic heterocycles. The number of hydrogen-bond donors (Lipinski definition) is 2. The summed E-state index contributed by atoms with van der Waals surface area (Å²) < 4.78 is 20.5. The molecule has 0 radical (unpaired) electrons. The maximum atomic E-state index is 12.9. The standard InChI is InChI=1S/C13H21N3OS/c1-2-10-15-18(17,16-12-4-3-5-12)13-8-6-11(14)7-9-13/h6-9,12H,2-5,10,14H2,1H3,(H,15,16,17). The van der Waals surface area contributed by atoms with Gasteiger partial charge in [-0.3, -0.25) is 0 Å². The van der Waals surface area contributed by atoms with Crippen LogP contribution in [-0.4, -0.2) is 16.8 Å². The summed E-state index contributed by atoms with van der Waals surface area (Å²) in [4.78, 5) is 0.733. The predicted molar refractivity (Wildman–Crippen MR) is 75.6 cm³/mol. The van der Waals surface area contributed by atoms with E-state index >= 15 is 0 Å². The van der Waals surface area contributed by atoms with Crippen LogP contribution in [0.25, 0.3) is 0 Å². The highest BCUT2D eigenvalue weighted by molar-refractivity contribution is 7.91. The van der Waals surface area contributed by atoms with E-state index in [2.05, 4.69) is 9.08 Å². The van der Waals surface area contributed by atoms with Crippen molar-refractivity contribution in [1.82, 2.24) is 4.72 Å². The molecule has 1 saturated carbocycles. The zero-order chi connectivity index (χ0) is 13.0. The van der Waals surface area contributed by atoms with Gasteiger partial charge in [-0.25, -0.2) is 13.3 Å². The van der Waals surface area contributed by atoms with E-state index in [1.807, 2.05) is 19.1 Å². The third kappa shape index (κ3) is 3.03. The number of benzene rings is 1. The molecule has 4 nitrogen and oxygen atoms in total.